The van der Waals surface area contributed by atoms with Gasteiger partial charge in [0.2, 0.25) is 5.91 Å². The number of nitrogens with one attached hydrogen (secondary N) is 1. The number of carboxylic acid groups (broad SMARTS) is 1. The van der Waals surface area contributed by atoms with Crippen LogP contribution in [-0.2, 0) is 27.0 Å². The maximum Gasteiger partial charge on any atom is 0.416 e. The molecule has 0 unspecified atom stereocenters. The number of unbranched alkanes of at least 4 members (excludes halogenated alkanes) is 7. The number of carbonyl (C=O) groups is 3. The number of benzene rings is 1. The summed E-state index contributed by atoms with van der Waals surface area (Å²) in [7, 11) is 0. The first kappa shape index (κ1) is 31.6. The molecule has 0 heterocycles. The average Bonchev–Trinajstić information content (AvgIpc) is 2.76. The van der Waals surface area contributed by atoms with Gasteiger partial charge in [-0.3, -0.25) is 9.59 Å². The van der Waals surface area contributed by atoms with Crippen molar-refractivity contribution in [2.75, 3.05) is 0 Å². The molecule has 0 aliphatic heterocycles. The highest BCUT2D eigenvalue weighted by molar-refractivity contribution is 5.86. The van der Waals surface area contributed by atoms with E-state index in [2.05, 4.69) is 5.32 Å². The lowest BCUT2D eigenvalue weighted by Crippen LogP contribution is -2.41. The Hall–Kier alpha value is -2.38. The van der Waals surface area contributed by atoms with Gasteiger partial charge >= 0.3 is 12.1 Å². The number of alkyl halides is 3. The second-order valence-electron chi connectivity index (χ2n) is 10.7. The zero-order valence-electron chi connectivity index (χ0n) is 22.1. The van der Waals surface area contributed by atoms with Gasteiger partial charge in [0.05, 0.1) is 5.56 Å². The van der Waals surface area contributed by atoms with Crippen molar-refractivity contribution in [1.29, 1.82) is 0 Å². The lowest BCUT2D eigenvalue weighted by molar-refractivity contribution is -0.142. The van der Waals surface area contributed by atoms with Gasteiger partial charge in [0.15, 0.2) is 0 Å². The summed E-state index contributed by atoms with van der Waals surface area (Å²) in [6.45, 7) is 7.00. The minimum atomic E-state index is -4.32. The maximum atomic E-state index is 13.2. The third kappa shape index (κ3) is 12.5. The van der Waals surface area contributed by atoms with E-state index < -0.39 is 29.2 Å². The SMILES string of the molecule is Cc1ccc(CCCCCCCCCCC(=O)N[C@@H](CCC(=O)C(C)(C)C)C(=O)O)c(C(F)(F)F)c1. The van der Waals surface area contributed by atoms with Gasteiger partial charge in [-0.2, -0.15) is 13.2 Å². The summed E-state index contributed by atoms with van der Waals surface area (Å²) in [4.78, 5) is 35.5. The molecule has 1 aromatic carbocycles. The van der Waals surface area contributed by atoms with Crippen LogP contribution in [0.1, 0.15) is 108 Å². The summed E-state index contributed by atoms with van der Waals surface area (Å²) < 4.78 is 39.6. The molecule has 2 N–H and O–H groups in total. The number of carbonyl (C=O) groups excluding carboxylic acids is 2. The molecule has 5 nitrogen and oxygen atoms in total. The molecule has 1 rings (SSSR count). The van der Waals surface area contributed by atoms with E-state index in [9.17, 15) is 32.7 Å². The van der Waals surface area contributed by atoms with Crippen LogP contribution in [0.25, 0.3) is 0 Å². The van der Waals surface area contributed by atoms with Gasteiger partial charge in [-0.1, -0.05) is 77.0 Å². The second kappa shape index (κ2) is 15.0. The number of aliphatic carboxylic acids is 1. The van der Waals surface area contributed by atoms with E-state index >= 15 is 0 Å². The number of hydrogen-bond acceptors (Lipinski definition) is 3. The summed E-state index contributed by atoms with van der Waals surface area (Å²) in [5.41, 5.74) is -0.0973. The Morgan fingerprint density at radius 1 is 0.889 bits per heavy atom. The number of hydrogen-bond donors (Lipinski definition) is 2. The molecule has 8 heteroatoms. The Morgan fingerprint density at radius 2 is 1.44 bits per heavy atom. The van der Waals surface area contributed by atoms with Crippen LogP contribution in [0, 0.1) is 12.3 Å². The van der Waals surface area contributed by atoms with Crippen molar-refractivity contribution < 1.29 is 32.7 Å². The summed E-state index contributed by atoms with van der Waals surface area (Å²) >= 11 is 0. The number of Topliss-reactive ketones (excluding diaryl/α,β-unsaturated/α-hetero) is 1. The number of ketones is 1. The van der Waals surface area contributed by atoms with Crippen molar-refractivity contribution in [3.63, 3.8) is 0 Å². The minimum absolute atomic E-state index is 0.0378. The maximum absolute atomic E-state index is 13.2. The lowest BCUT2D eigenvalue weighted by atomic mass is 9.87. The Morgan fingerprint density at radius 3 is 1.97 bits per heavy atom. The van der Waals surface area contributed by atoms with Gasteiger partial charge < -0.3 is 10.4 Å². The fourth-order valence-corrected chi connectivity index (χ4v) is 4.01. The van der Waals surface area contributed by atoms with Gasteiger partial charge in [-0.25, -0.2) is 4.79 Å². The third-order valence-corrected chi connectivity index (χ3v) is 6.30. The first-order chi connectivity index (χ1) is 16.7. The molecule has 1 atom stereocenters. The van der Waals surface area contributed by atoms with Crippen LogP contribution in [0.3, 0.4) is 0 Å². The van der Waals surface area contributed by atoms with E-state index in [-0.39, 0.29) is 31.0 Å². The summed E-state index contributed by atoms with van der Waals surface area (Å²) in [5, 5.41) is 11.8. The van der Waals surface area contributed by atoms with E-state index in [4.69, 9.17) is 0 Å². The van der Waals surface area contributed by atoms with Crippen molar-refractivity contribution in [3.05, 3.63) is 34.9 Å². The van der Waals surface area contributed by atoms with Crippen LogP contribution < -0.4 is 5.32 Å². The molecule has 0 aromatic heterocycles. The predicted molar refractivity (Wildman–Crippen MR) is 135 cm³/mol. The summed E-state index contributed by atoms with van der Waals surface area (Å²) in [6, 6.07) is 3.46. The molecule has 0 fully saturated rings. The number of halogens is 3. The van der Waals surface area contributed by atoms with Crippen molar-refractivity contribution >= 4 is 17.7 Å². The zero-order chi connectivity index (χ0) is 27.4. The molecule has 0 spiro atoms. The van der Waals surface area contributed by atoms with E-state index in [1.54, 1.807) is 39.8 Å². The first-order valence-corrected chi connectivity index (χ1v) is 12.9. The van der Waals surface area contributed by atoms with Crippen LogP contribution in [0.4, 0.5) is 13.2 Å². The van der Waals surface area contributed by atoms with Gasteiger partial charge in [0.1, 0.15) is 11.8 Å². The quantitative estimate of drug-likeness (QED) is 0.232. The van der Waals surface area contributed by atoms with Gasteiger partial charge in [-0.15, -0.1) is 0 Å². The molecule has 1 aromatic rings. The van der Waals surface area contributed by atoms with Crippen LogP contribution in [-0.4, -0.2) is 28.8 Å². The monoisotopic (exact) mass is 513 g/mol. The molecule has 1 amide bonds. The van der Waals surface area contributed by atoms with Crippen LogP contribution in [0.15, 0.2) is 18.2 Å². The van der Waals surface area contributed by atoms with Gasteiger partial charge in [-0.05, 0) is 44.2 Å². The highest BCUT2D eigenvalue weighted by Gasteiger charge is 2.33. The van der Waals surface area contributed by atoms with Crippen molar-refractivity contribution in [2.45, 2.75) is 117 Å². The Kier molecular flexibility index (Phi) is 13.2. The summed E-state index contributed by atoms with van der Waals surface area (Å²) in [6.07, 6.45) is 3.54. The Balaban J connectivity index is 2.17. The number of rotatable bonds is 16. The fourth-order valence-electron chi connectivity index (χ4n) is 4.01. The van der Waals surface area contributed by atoms with Crippen molar-refractivity contribution in [1.82, 2.24) is 5.32 Å². The number of aryl methyl sites for hydroxylation is 2. The third-order valence-electron chi connectivity index (χ3n) is 6.30. The Bertz CT molecular complexity index is 859. The molecule has 0 aliphatic rings. The van der Waals surface area contributed by atoms with Crippen LogP contribution in [0.5, 0.6) is 0 Å². The Labute approximate surface area is 213 Å². The zero-order valence-corrected chi connectivity index (χ0v) is 22.1. The van der Waals surface area contributed by atoms with E-state index in [0.717, 1.165) is 44.9 Å². The molecule has 36 heavy (non-hydrogen) atoms. The molecule has 204 valence electrons. The van der Waals surface area contributed by atoms with E-state index in [1.807, 2.05) is 0 Å². The molecule has 0 bridgehead atoms. The normalized spacial score (nSPS) is 12.9. The average molecular weight is 514 g/mol. The number of carboxylic acids is 1. The highest BCUT2D eigenvalue weighted by Crippen LogP contribution is 2.33. The molecular weight excluding hydrogens is 471 g/mol. The van der Waals surface area contributed by atoms with Crippen LogP contribution >= 0.6 is 0 Å². The standard InChI is InChI=1S/C28H42F3NO4/c1-20-15-16-21(22(19-20)28(29,30)31)13-11-9-7-5-6-8-10-12-14-25(34)32-23(26(35)36)17-18-24(33)27(2,3)4/h15-16,19,23H,5-14,17-18H2,1-4H3,(H,32,34)(H,35,36)/t23-/m0/s1. The lowest BCUT2D eigenvalue weighted by Gasteiger charge is -2.19. The summed E-state index contributed by atoms with van der Waals surface area (Å²) in [5.74, 6) is -1.49. The highest BCUT2D eigenvalue weighted by atomic mass is 19.4. The van der Waals surface area contributed by atoms with Gasteiger partial charge in [0.25, 0.3) is 0 Å². The first-order valence-electron chi connectivity index (χ1n) is 12.9. The predicted octanol–water partition coefficient (Wildman–Crippen LogP) is 7.03. The minimum Gasteiger partial charge on any atom is -0.480 e. The molecule has 0 radical (unpaired) electrons. The molecular formula is C28H42F3NO4. The molecule has 0 saturated carbocycles. The largest absolute Gasteiger partial charge is 0.480 e. The van der Waals surface area contributed by atoms with E-state index in [0.29, 0.717) is 24.0 Å². The van der Waals surface area contributed by atoms with Crippen molar-refractivity contribution in [3.8, 4) is 0 Å². The second-order valence-corrected chi connectivity index (χ2v) is 10.7. The fraction of sp³-hybridized carbons (Fsp3) is 0.679. The molecule has 0 aliphatic carbocycles. The smallest absolute Gasteiger partial charge is 0.416 e. The van der Waals surface area contributed by atoms with Crippen LogP contribution in [0.2, 0.25) is 0 Å². The molecule has 0 saturated heterocycles. The number of amides is 1. The van der Waals surface area contributed by atoms with E-state index in [1.165, 1.54) is 6.07 Å². The topological polar surface area (TPSA) is 83.5 Å². The van der Waals surface area contributed by atoms with Gasteiger partial charge in [0, 0.05) is 18.3 Å². The van der Waals surface area contributed by atoms with Crippen molar-refractivity contribution in [2.24, 2.45) is 5.41 Å².